The fourth-order valence-corrected chi connectivity index (χ4v) is 2.66. The summed E-state index contributed by atoms with van der Waals surface area (Å²) < 4.78 is 0. The van der Waals surface area contributed by atoms with E-state index in [-0.39, 0.29) is 5.56 Å². The molecule has 0 amide bonds. The van der Waals surface area contributed by atoms with Crippen LogP contribution in [0.1, 0.15) is 5.69 Å². The Morgan fingerprint density at radius 3 is 2.68 bits per heavy atom. The van der Waals surface area contributed by atoms with Crippen LogP contribution in [0.4, 0.5) is 5.82 Å². The molecule has 4 N–H and O–H groups in total. The Balaban J connectivity index is 2.40. The van der Waals surface area contributed by atoms with E-state index in [1.54, 1.807) is 6.92 Å². The van der Waals surface area contributed by atoms with E-state index in [0.29, 0.717) is 31.7 Å². The van der Waals surface area contributed by atoms with Gasteiger partial charge in [-0.25, -0.2) is 15.8 Å². The minimum absolute atomic E-state index is 0.239. The van der Waals surface area contributed by atoms with E-state index in [1.807, 2.05) is 0 Å². The highest BCUT2D eigenvalue weighted by Gasteiger charge is 2.11. The van der Waals surface area contributed by atoms with Gasteiger partial charge in [0, 0.05) is 11.8 Å². The average molecular weight is 318 g/mol. The number of rotatable bonds is 3. The van der Waals surface area contributed by atoms with Crippen molar-refractivity contribution < 1.29 is 0 Å². The lowest BCUT2D eigenvalue weighted by molar-refractivity contribution is 0.902. The topological polar surface area (TPSA) is 96.7 Å². The van der Waals surface area contributed by atoms with Gasteiger partial charge in [-0.15, -0.1) is 0 Å². The summed E-state index contributed by atoms with van der Waals surface area (Å²) in [6.45, 7) is 1.73. The number of hydrazine groups is 1. The molecule has 2 rings (SSSR count). The Labute approximate surface area is 122 Å². The minimum atomic E-state index is -0.239. The van der Waals surface area contributed by atoms with E-state index >= 15 is 0 Å². The number of aryl methyl sites for hydroxylation is 1. The van der Waals surface area contributed by atoms with Crippen molar-refractivity contribution in [2.45, 2.75) is 17.1 Å². The summed E-state index contributed by atoms with van der Waals surface area (Å²) in [7, 11) is 0. The first-order valence-corrected chi connectivity index (χ1v) is 6.65. The lowest BCUT2D eigenvalue weighted by Crippen LogP contribution is -2.10. The van der Waals surface area contributed by atoms with E-state index < -0.39 is 0 Å². The van der Waals surface area contributed by atoms with Crippen LogP contribution in [0, 0.1) is 6.92 Å². The second-order valence-corrected chi connectivity index (χ2v) is 5.34. The maximum absolute atomic E-state index is 11.3. The van der Waals surface area contributed by atoms with E-state index in [2.05, 4.69) is 20.4 Å². The normalized spacial score (nSPS) is 10.5. The molecule has 0 aliphatic rings. The number of anilines is 1. The second kappa shape index (κ2) is 5.79. The first-order valence-electron chi connectivity index (χ1n) is 5.08. The van der Waals surface area contributed by atoms with Gasteiger partial charge in [-0.1, -0.05) is 23.2 Å². The summed E-state index contributed by atoms with van der Waals surface area (Å²) in [5, 5.41) is 1.48. The molecule has 0 unspecified atom stereocenters. The van der Waals surface area contributed by atoms with Crippen molar-refractivity contribution in [1.82, 2.24) is 15.0 Å². The molecule has 0 aliphatic heterocycles. The maximum Gasteiger partial charge on any atom is 0.251 e. The van der Waals surface area contributed by atoms with Crippen molar-refractivity contribution in [3.05, 3.63) is 38.2 Å². The Bertz CT molecular complexity index is 675. The Hall–Kier alpha value is -1.28. The number of pyridine rings is 1. The van der Waals surface area contributed by atoms with Gasteiger partial charge in [-0.05, 0) is 24.8 Å². The molecule has 0 saturated heterocycles. The number of nitrogen functional groups attached to an aromatic ring is 1. The summed E-state index contributed by atoms with van der Waals surface area (Å²) in [4.78, 5) is 22.3. The number of nitrogens with two attached hydrogens (primary N) is 1. The zero-order chi connectivity index (χ0) is 14.0. The highest BCUT2D eigenvalue weighted by atomic mass is 35.5. The van der Waals surface area contributed by atoms with E-state index in [9.17, 15) is 4.79 Å². The van der Waals surface area contributed by atoms with Crippen molar-refractivity contribution in [2.75, 3.05) is 5.43 Å². The third kappa shape index (κ3) is 3.38. The summed E-state index contributed by atoms with van der Waals surface area (Å²) in [5.74, 6) is 5.58. The fraction of sp³-hybridized carbons (Fsp3) is 0.100. The monoisotopic (exact) mass is 317 g/mol. The molecule has 0 spiro atoms. The molecule has 0 saturated carbocycles. The van der Waals surface area contributed by atoms with Crippen molar-refractivity contribution in [2.24, 2.45) is 5.84 Å². The Kier molecular flexibility index (Phi) is 4.31. The predicted octanol–water partition coefficient (Wildman–Crippen LogP) is 2.22. The lowest BCUT2D eigenvalue weighted by Gasteiger charge is -2.07. The summed E-state index contributed by atoms with van der Waals surface area (Å²) in [6, 6.07) is 2.91. The minimum Gasteiger partial charge on any atom is -0.307 e. The molecule has 9 heteroatoms. The molecule has 2 heterocycles. The first-order chi connectivity index (χ1) is 8.99. The van der Waals surface area contributed by atoms with Gasteiger partial charge >= 0.3 is 0 Å². The molecule has 0 aliphatic carbocycles. The SMILES string of the molecule is Cc1cc(=O)[nH]c(Sc2nc(NN)c(Cl)cc2Cl)n1. The summed E-state index contributed by atoms with van der Waals surface area (Å²) in [6.07, 6.45) is 0. The number of nitrogens with zero attached hydrogens (tertiary/aromatic N) is 2. The number of aromatic nitrogens is 3. The first kappa shape index (κ1) is 14.1. The van der Waals surface area contributed by atoms with Crippen molar-refractivity contribution in [1.29, 1.82) is 0 Å². The van der Waals surface area contributed by atoms with Gasteiger partial charge in [0.05, 0.1) is 10.0 Å². The number of hydrogen-bond donors (Lipinski definition) is 3. The van der Waals surface area contributed by atoms with Gasteiger partial charge in [0.25, 0.3) is 5.56 Å². The van der Waals surface area contributed by atoms with Gasteiger partial charge in [0.1, 0.15) is 5.03 Å². The zero-order valence-corrected chi connectivity index (χ0v) is 12.0. The molecule has 19 heavy (non-hydrogen) atoms. The van der Waals surface area contributed by atoms with E-state index in [0.717, 1.165) is 11.8 Å². The number of nitrogens with one attached hydrogen (secondary N) is 2. The fourth-order valence-electron chi connectivity index (χ4n) is 1.31. The largest absolute Gasteiger partial charge is 0.307 e. The lowest BCUT2D eigenvalue weighted by atomic mass is 10.4. The molecule has 0 atom stereocenters. The maximum atomic E-state index is 11.3. The van der Waals surface area contributed by atoms with Gasteiger partial charge in [0.15, 0.2) is 11.0 Å². The second-order valence-electron chi connectivity index (χ2n) is 3.54. The Morgan fingerprint density at radius 2 is 2.05 bits per heavy atom. The molecule has 2 aromatic rings. The van der Waals surface area contributed by atoms with Crippen LogP contribution in [0.15, 0.2) is 27.1 Å². The highest BCUT2D eigenvalue weighted by molar-refractivity contribution is 7.99. The van der Waals surface area contributed by atoms with Crippen LogP contribution in [0.5, 0.6) is 0 Å². The number of halogens is 2. The average Bonchev–Trinajstić information content (AvgIpc) is 2.31. The van der Waals surface area contributed by atoms with Crippen LogP contribution in [0.3, 0.4) is 0 Å². The van der Waals surface area contributed by atoms with E-state index in [1.165, 1.54) is 12.1 Å². The molecular weight excluding hydrogens is 309 g/mol. The highest BCUT2D eigenvalue weighted by Crippen LogP contribution is 2.33. The van der Waals surface area contributed by atoms with Crippen LogP contribution < -0.4 is 16.8 Å². The predicted molar refractivity (Wildman–Crippen MR) is 75.8 cm³/mol. The van der Waals surface area contributed by atoms with Crippen LogP contribution in [-0.4, -0.2) is 15.0 Å². The number of hydrogen-bond acceptors (Lipinski definition) is 6. The van der Waals surface area contributed by atoms with Crippen molar-refractivity contribution in [3.63, 3.8) is 0 Å². The molecule has 100 valence electrons. The third-order valence-corrected chi connectivity index (χ3v) is 3.65. The number of aromatic amines is 1. The van der Waals surface area contributed by atoms with Crippen molar-refractivity contribution in [3.8, 4) is 0 Å². The van der Waals surface area contributed by atoms with Gasteiger partial charge in [-0.3, -0.25) is 4.79 Å². The van der Waals surface area contributed by atoms with Crippen LogP contribution in [-0.2, 0) is 0 Å². The third-order valence-electron chi connectivity index (χ3n) is 2.08. The van der Waals surface area contributed by atoms with Crippen LogP contribution in [0.2, 0.25) is 10.0 Å². The quantitative estimate of drug-likeness (QED) is 0.456. The molecular formula is C10H9Cl2N5OS. The molecule has 0 fully saturated rings. The summed E-state index contributed by atoms with van der Waals surface area (Å²) in [5.41, 5.74) is 2.73. The molecule has 0 radical (unpaired) electrons. The standard InChI is InChI=1S/C10H9Cl2N5OS/c1-4-2-7(18)15-10(14-4)19-9-6(12)3-5(11)8(16-9)17-13/h2-3H,13H2,1H3,(H,16,17)(H,14,15,18). The van der Waals surface area contributed by atoms with Gasteiger partial charge < -0.3 is 10.4 Å². The molecule has 0 aromatic carbocycles. The van der Waals surface area contributed by atoms with Gasteiger partial charge in [0.2, 0.25) is 0 Å². The van der Waals surface area contributed by atoms with Gasteiger partial charge in [-0.2, -0.15) is 0 Å². The number of H-pyrrole nitrogens is 1. The van der Waals surface area contributed by atoms with Crippen LogP contribution in [0.25, 0.3) is 0 Å². The summed E-state index contributed by atoms with van der Waals surface area (Å²) >= 11 is 13.0. The molecule has 2 aromatic heterocycles. The van der Waals surface area contributed by atoms with E-state index in [4.69, 9.17) is 29.0 Å². The molecule has 6 nitrogen and oxygen atoms in total. The zero-order valence-electron chi connectivity index (χ0n) is 9.70. The van der Waals surface area contributed by atoms with Crippen LogP contribution >= 0.6 is 35.0 Å². The molecule has 0 bridgehead atoms. The smallest absolute Gasteiger partial charge is 0.251 e. The Morgan fingerprint density at radius 1 is 1.32 bits per heavy atom. The van der Waals surface area contributed by atoms with Crippen molar-refractivity contribution >= 4 is 40.8 Å².